The highest BCUT2D eigenvalue weighted by Gasteiger charge is 2.17. The van der Waals surface area contributed by atoms with Crippen LogP contribution in [0.1, 0.15) is 104 Å². The number of aliphatic hydroxyl groups excluding tert-OH is 1. The van der Waals surface area contributed by atoms with E-state index in [0.29, 0.717) is 12.8 Å². The highest BCUT2D eigenvalue weighted by molar-refractivity contribution is 5.69. The number of aliphatic hydroxyl groups is 1. The van der Waals surface area contributed by atoms with Gasteiger partial charge in [-0.15, -0.1) is 0 Å². The summed E-state index contributed by atoms with van der Waals surface area (Å²) < 4.78 is 15.5. The van der Waals surface area contributed by atoms with Crippen molar-refractivity contribution in [1.82, 2.24) is 0 Å². The topological polar surface area (TPSA) is 82.1 Å². The van der Waals surface area contributed by atoms with Crippen LogP contribution in [0.15, 0.2) is 12.5 Å². The van der Waals surface area contributed by atoms with Gasteiger partial charge in [-0.1, -0.05) is 78.1 Å². The molecule has 0 spiro atoms. The molecule has 0 rings (SSSR count). The van der Waals surface area contributed by atoms with Crippen molar-refractivity contribution < 1.29 is 28.9 Å². The number of carbonyl (C=O) groups excluding carboxylic acids is 2. The van der Waals surface area contributed by atoms with E-state index in [4.69, 9.17) is 14.2 Å². The minimum atomic E-state index is -0.755. The van der Waals surface area contributed by atoms with Crippen molar-refractivity contribution >= 4 is 11.9 Å². The second-order valence-corrected chi connectivity index (χ2v) is 7.54. The summed E-state index contributed by atoms with van der Waals surface area (Å²) in [6.45, 7) is 7.44. The summed E-state index contributed by atoms with van der Waals surface area (Å²) in [6, 6.07) is 0. The van der Waals surface area contributed by atoms with Gasteiger partial charge in [-0.2, -0.15) is 0 Å². The highest BCUT2D eigenvalue weighted by atomic mass is 16.6. The molecule has 0 aliphatic carbocycles. The molecule has 0 aromatic heterocycles. The van der Waals surface area contributed by atoms with Crippen LogP contribution >= 0.6 is 0 Å². The molecule has 0 saturated carbocycles. The molecule has 0 aliphatic heterocycles. The van der Waals surface area contributed by atoms with Crippen molar-refractivity contribution in [3.63, 3.8) is 0 Å². The molecule has 0 aromatic rings. The van der Waals surface area contributed by atoms with E-state index >= 15 is 0 Å². The molecule has 6 nitrogen and oxygen atoms in total. The van der Waals surface area contributed by atoms with Crippen molar-refractivity contribution in [3.8, 4) is 0 Å². The molecular weight excluding hydrogens is 372 g/mol. The maximum Gasteiger partial charge on any atom is 0.305 e. The van der Waals surface area contributed by atoms with Gasteiger partial charge in [0.2, 0.25) is 0 Å². The van der Waals surface area contributed by atoms with Gasteiger partial charge >= 0.3 is 11.9 Å². The van der Waals surface area contributed by atoms with E-state index in [1.807, 2.05) is 0 Å². The maximum atomic E-state index is 11.8. The Bertz CT molecular complexity index is 403. The number of rotatable bonds is 20. The predicted molar refractivity (Wildman–Crippen MR) is 115 cm³/mol. The molecular formula is C23H42O6. The lowest BCUT2D eigenvalue weighted by Crippen LogP contribution is -2.28. The van der Waals surface area contributed by atoms with Crippen LogP contribution in [0.5, 0.6) is 0 Å². The zero-order valence-electron chi connectivity index (χ0n) is 18.6. The lowest BCUT2D eigenvalue weighted by atomic mass is 10.1. The van der Waals surface area contributed by atoms with E-state index in [1.165, 1.54) is 38.5 Å². The number of unbranched alkanes of at least 4 members (excludes halogenated alkanes) is 10. The third-order valence-electron chi connectivity index (χ3n) is 4.63. The monoisotopic (exact) mass is 414 g/mol. The van der Waals surface area contributed by atoms with Crippen LogP contribution < -0.4 is 0 Å². The molecule has 0 fully saturated rings. The van der Waals surface area contributed by atoms with E-state index in [0.717, 1.165) is 38.5 Å². The molecule has 0 aliphatic rings. The van der Waals surface area contributed by atoms with Gasteiger partial charge in [-0.3, -0.25) is 9.59 Å². The lowest BCUT2D eigenvalue weighted by molar-refractivity contribution is -0.155. The van der Waals surface area contributed by atoms with Gasteiger partial charge in [0.1, 0.15) is 13.2 Å². The maximum absolute atomic E-state index is 11.8. The van der Waals surface area contributed by atoms with E-state index in [1.54, 1.807) is 0 Å². The Balaban J connectivity index is 3.96. The van der Waals surface area contributed by atoms with E-state index in [-0.39, 0.29) is 25.2 Å². The number of hydrogen-bond donors (Lipinski definition) is 1. The Kier molecular flexibility index (Phi) is 18.4. The van der Waals surface area contributed by atoms with E-state index in [9.17, 15) is 14.7 Å². The SMILES string of the molecule is C=C(O)OC(COC(=O)CCCCCCCC)COC(=O)CCCCCCCC. The van der Waals surface area contributed by atoms with Gasteiger partial charge in [0.05, 0.1) is 0 Å². The van der Waals surface area contributed by atoms with E-state index in [2.05, 4.69) is 20.4 Å². The number of ether oxygens (including phenoxy) is 3. The van der Waals surface area contributed by atoms with Crippen LogP contribution in [0.3, 0.4) is 0 Å². The summed E-state index contributed by atoms with van der Waals surface area (Å²) in [5.41, 5.74) is 0. The molecule has 170 valence electrons. The molecule has 0 unspecified atom stereocenters. The van der Waals surface area contributed by atoms with Crippen LogP contribution in [0, 0.1) is 0 Å². The smallest absolute Gasteiger partial charge is 0.305 e. The molecule has 0 aromatic carbocycles. The average Bonchev–Trinajstić information content (AvgIpc) is 2.69. The first-order valence-electron chi connectivity index (χ1n) is 11.3. The summed E-state index contributed by atoms with van der Waals surface area (Å²) in [7, 11) is 0. The van der Waals surface area contributed by atoms with Crippen LogP contribution in [0.25, 0.3) is 0 Å². The molecule has 1 N–H and O–H groups in total. The van der Waals surface area contributed by atoms with Gasteiger partial charge in [-0.25, -0.2) is 0 Å². The number of hydrogen-bond acceptors (Lipinski definition) is 6. The fourth-order valence-electron chi connectivity index (χ4n) is 2.92. The Labute approximate surface area is 177 Å². The molecule has 0 heterocycles. The van der Waals surface area contributed by atoms with Crippen molar-refractivity contribution in [2.24, 2.45) is 0 Å². The first-order valence-corrected chi connectivity index (χ1v) is 11.3. The van der Waals surface area contributed by atoms with Crippen molar-refractivity contribution in [2.75, 3.05) is 13.2 Å². The van der Waals surface area contributed by atoms with Gasteiger partial charge in [0, 0.05) is 12.8 Å². The summed E-state index contributed by atoms with van der Waals surface area (Å²) in [4.78, 5) is 23.7. The summed E-state index contributed by atoms with van der Waals surface area (Å²) in [5.74, 6) is -1.11. The van der Waals surface area contributed by atoms with Gasteiger partial charge in [-0.05, 0) is 19.4 Å². The lowest BCUT2D eigenvalue weighted by Gasteiger charge is -2.18. The van der Waals surface area contributed by atoms with Crippen molar-refractivity contribution in [3.05, 3.63) is 12.5 Å². The second-order valence-electron chi connectivity index (χ2n) is 7.54. The normalized spacial score (nSPS) is 10.7. The summed E-state index contributed by atoms with van der Waals surface area (Å²) in [6.07, 6.45) is 13.1. The third kappa shape index (κ3) is 19.4. The molecule has 0 saturated heterocycles. The first-order chi connectivity index (χ1) is 14.0. The zero-order valence-corrected chi connectivity index (χ0v) is 18.6. The third-order valence-corrected chi connectivity index (χ3v) is 4.63. The molecule has 0 radical (unpaired) electrons. The second kappa shape index (κ2) is 19.6. The quantitative estimate of drug-likeness (QED) is 0.150. The largest absolute Gasteiger partial charge is 0.481 e. The first kappa shape index (κ1) is 27.3. The fraction of sp³-hybridized carbons (Fsp3) is 0.826. The Morgan fingerprint density at radius 2 is 1.10 bits per heavy atom. The van der Waals surface area contributed by atoms with Gasteiger partial charge in [0.25, 0.3) is 5.95 Å². The summed E-state index contributed by atoms with van der Waals surface area (Å²) in [5, 5.41) is 9.24. The summed E-state index contributed by atoms with van der Waals surface area (Å²) >= 11 is 0. The number of esters is 2. The van der Waals surface area contributed by atoms with Crippen LogP contribution in [-0.2, 0) is 23.8 Å². The molecule has 0 amide bonds. The molecule has 6 heteroatoms. The molecule has 0 bridgehead atoms. The minimum absolute atomic E-state index is 0.0848. The van der Waals surface area contributed by atoms with Gasteiger partial charge in [0.15, 0.2) is 6.10 Å². The Morgan fingerprint density at radius 3 is 1.48 bits per heavy atom. The fourth-order valence-corrected chi connectivity index (χ4v) is 2.92. The number of carbonyl (C=O) groups is 2. The minimum Gasteiger partial charge on any atom is -0.481 e. The van der Waals surface area contributed by atoms with Gasteiger partial charge < -0.3 is 19.3 Å². The zero-order chi connectivity index (χ0) is 21.7. The van der Waals surface area contributed by atoms with Crippen LogP contribution in [0.2, 0.25) is 0 Å². The average molecular weight is 415 g/mol. The Morgan fingerprint density at radius 1 is 0.724 bits per heavy atom. The van der Waals surface area contributed by atoms with Crippen molar-refractivity contribution in [2.45, 2.75) is 110 Å². The Hall–Kier alpha value is -1.72. The van der Waals surface area contributed by atoms with E-state index < -0.39 is 12.0 Å². The highest BCUT2D eigenvalue weighted by Crippen LogP contribution is 2.10. The molecule has 0 atom stereocenters. The van der Waals surface area contributed by atoms with Crippen LogP contribution in [-0.4, -0.2) is 36.4 Å². The predicted octanol–water partition coefficient (Wildman–Crippen LogP) is 5.99. The van der Waals surface area contributed by atoms with Crippen LogP contribution in [0.4, 0.5) is 0 Å². The standard InChI is InChI=1S/C23H42O6/c1-4-6-8-10-12-14-16-22(25)27-18-21(29-20(3)24)19-28-23(26)17-15-13-11-9-7-5-2/h21,24H,3-19H2,1-2H3. The molecule has 29 heavy (non-hydrogen) atoms. The van der Waals surface area contributed by atoms with Crippen molar-refractivity contribution in [1.29, 1.82) is 0 Å².